The Kier molecular flexibility index (Phi) is 6.68. The molecular formula is C22H22FN3O3S. The average Bonchev–Trinajstić information content (AvgIpc) is 2.76. The Morgan fingerprint density at radius 2 is 1.57 bits per heavy atom. The van der Waals surface area contributed by atoms with Crippen LogP contribution in [-0.2, 0) is 10.0 Å². The molecule has 1 amide bonds. The Hall–Kier alpha value is -3.39. The Labute approximate surface area is 175 Å². The van der Waals surface area contributed by atoms with Crippen molar-refractivity contribution in [2.45, 2.75) is 4.90 Å². The van der Waals surface area contributed by atoms with E-state index in [1.54, 1.807) is 0 Å². The molecule has 0 heterocycles. The van der Waals surface area contributed by atoms with Crippen LogP contribution < -0.4 is 14.9 Å². The molecule has 0 aliphatic heterocycles. The number of para-hydroxylation sites is 1. The number of carbonyl (C=O) groups excluding carboxylic acids is 1. The third-order valence-corrected chi connectivity index (χ3v) is 5.85. The van der Waals surface area contributed by atoms with Crippen LogP contribution in [0.15, 0.2) is 83.8 Å². The van der Waals surface area contributed by atoms with Crippen molar-refractivity contribution < 1.29 is 17.6 Å². The van der Waals surface area contributed by atoms with Gasteiger partial charge < -0.3 is 10.2 Å². The van der Waals surface area contributed by atoms with Gasteiger partial charge in [0.2, 0.25) is 0 Å². The van der Waals surface area contributed by atoms with Crippen LogP contribution in [0.2, 0.25) is 0 Å². The second kappa shape index (κ2) is 9.41. The minimum absolute atomic E-state index is 0.00665. The van der Waals surface area contributed by atoms with Crippen LogP contribution >= 0.6 is 0 Å². The first kappa shape index (κ1) is 21.3. The van der Waals surface area contributed by atoms with Crippen LogP contribution in [0.1, 0.15) is 10.4 Å². The normalized spacial score (nSPS) is 11.0. The van der Waals surface area contributed by atoms with Gasteiger partial charge in [0.25, 0.3) is 15.9 Å². The Bertz CT molecular complexity index is 1090. The highest BCUT2D eigenvalue weighted by Gasteiger charge is 2.15. The monoisotopic (exact) mass is 427 g/mol. The van der Waals surface area contributed by atoms with E-state index in [1.165, 1.54) is 48.5 Å². The van der Waals surface area contributed by atoms with Crippen molar-refractivity contribution in [2.24, 2.45) is 0 Å². The molecule has 8 heteroatoms. The molecule has 0 fully saturated rings. The summed E-state index contributed by atoms with van der Waals surface area (Å²) in [5.74, 6) is -0.741. The number of amides is 1. The lowest BCUT2D eigenvalue weighted by atomic mass is 10.2. The van der Waals surface area contributed by atoms with Gasteiger partial charge >= 0.3 is 0 Å². The Balaban J connectivity index is 1.56. The molecule has 6 nitrogen and oxygen atoms in total. The SMILES string of the molecule is CN(CCNC(=O)c1ccc(S(=O)(=O)Nc2ccc(F)cc2)cc1)c1ccccc1. The van der Waals surface area contributed by atoms with Crippen LogP contribution in [0.4, 0.5) is 15.8 Å². The molecule has 30 heavy (non-hydrogen) atoms. The number of hydrogen-bond acceptors (Lipinski definition) is 4. The van der Waals surface area contributed by atoms with E-state index in [4.69, 9.17) is 0 Å². The van der Waals surface area contributed by atoms with E-state index in [0.717, 1.165) is 5.69 Å². The van der Waals surface area contributed by atoms with Gasteiger partial charge in [0.15, 0.2) is 0 Å². The van der Waals surface area contributed by atoms with E-state index < -0.39 is 15.8 Å². The Morgan fingerprint density at radius 1 is 0.933 bits per heavy atom. The summed E-state index contributed by atoms with van der Waals surface area (Å²) in [5, 5.41) is 2.82. The maximum Gasteiger partial charge on any atom is 0.261 e. The van der Waals surface area contributed by atoms with Gasteiger partial charge in [0.05, 0.1) is 4.90 Å². The average molecular weight is 428 g/mol. The zero-order valence-electron chi connectivity index (χ0n) is 16.4. The standard InChI is InChI=1S/C22H22FN3O3S/c1-26(20-5-3-2-4-6-20)16-15-24-22(27)17-7-13-21(14-8-17)30(28,29)25-19-11-9-18(23)10-12-19/h2-14,25H,15-16H2,1H3,(H,24,27). The third kappa shape index (κ3) is 5.57. The minimum Gasteiger partial charge on any atom is -0.373 e. The van der Waals surface area contributed by atoms with Gasteiger partial charge in [-0.2, -0.15) is 0 Å². The molecule has 0 atom stereocenters. The van der Waals surface area contributed by atoms with Crippen LogP contribution in [-0.4, -0.2) is 34.5 Å². The molecule has 0 bridgehead atoms. The van der Waals surface area contributed by atoms with Crippen molar-refractivity contribution in [1.82, 2.24) is 5.32 Å². The molecule has 0 spiro atoms. The number of hydrogen-bond donors (Lipinski definition) is 2. The largest absolute Gasteiger partial charge is 0.373 e. The molecule has 3 aromatic rings. The summed E-state index contributed by atoms with van der Waals surface area (Å²) >= 11 is 0. The maximum atomic E-state index is 13.0. The molecule has 0 saturated heterocycles. The fraction of sp³-hybridized carbons (Fsp3) is 0.136. The van der Waals surface area contributed by atoms with E-state index >= 15 is 0 Å². The highest BCUT2D eigenvalue weighted by Crippen LogP contribution is 2.17. The van der Waals surface area contributed by atoms with Crippen molar-refractivity contribution in [2.75, 3.05) is 29.8 Å². The molecule has 3 rings (SSSR count). The van der Waals surface area contributed by atoms with Crippen molar-refractivity contribution in [3.63, 3.8) is 0 Å². The second-order valence-electron chi connectivity index (χ2n) is 6.65. The lowest BCUT2D eigenvalue weighted by Gasteiger charge is -2.19. The smallest absolute Gasteiger partial charge is 0.261 e. The number of halogens is 1. The van der Waals surface area contributed by atoms with Gasteiger partial charge in [-0.15, -0.1) is 0 Å². The number of carbonyl (C=O) groups is 1. The lowest BCUT2D eigenvalue weighted by Crippen LogP contribution is -2.33. The van der Waals surface area contributed by atoms with Gasteiger partial charge in [-0.1, -0.05) is 18.2 Å². The zero-order valence-corrected chi connectivity index (χ0v) is 17.2. The number of sulfonamides is 1. The Morgan fingerprint density at radius 3 is 2.20 bits per heavy atom. The highest BCUT2D eigenvalue weighted by molar-refractivity contribution is 7.92. The van der Waals surface area contributed by atoms with Crippen LogP contribution in [0, 0.1) is 5.82 Å². The molecule has 0 saturated carbocycles. The highest BCUT2D eigenvalue weighted by atomic mass is 32.2. The summed E-state index contributed by atoms with van der Waals surface area (Å²) in [6, 6.07) is 20.4. The summed E-state index contributed by atoms with van der Waals surface area (Å²) in [4.78, 5) is 14.3. The first-order valence-corrected chi connectivity index (χ1v) is 10.8. The summed E-state index contributed by atoms with van der Waals surface area (Å²) in [6.45, 7) is 1.07. The second-order valence-corrected chi connectivity index (χ2v) is 8.33. The van der Waals surface area contributed by atoms with Crippen molar-refractivity contribution in [1.29, 1.82) is 0 Å². The van der Waals surface area contributed by atoms with Crippen molar-refractivity contribution >= 4 is 27.3 Å². The lowest BCUT2D eigenvalue weighted by molar-refractivity contribution is 0.0954. The van der Waals surface area contributed by atoms with Gasteiger partial charge in [-0.25, -0.2) is 12.8 Å². The number of anilines is 2. The van der Waals surface area contributed by atoms with Gasteiger partial charge in [0, 0.05) is 37.1 Å². The summed E-state index contributed by atoms with van der Waals surface area (Å²) < 4.78 is 40.2. The first-order valence-electron chi connectivity index (χ1n) is 9.28. The van der Waals surface area contributed by atoms with Gasteiger partial charge in [0.1, 0.15) is 5.82 Å². The summed E-state index contributed by atoms with van der Waals surface area (Å²) in [6.07, 6.45) is 0. The predicted octanol–water partition coefficient (Wildman–Crippen LogP) is 3.49. The summed E-state index contributed by atoms with van der Waals surface area (Å²) in [5.41, 5.74) is 1.66. The molecular weight excluding hydrogens is 405 g/mol. The fourth-order valence-electron chi connectivity index (χ4n) is 2.77. The molecule has 0 aliphatic rings. The van der Waals surface area contributed by atoms with Crippen LogP contribution in [0.5, 0.6) is 0 Å². The number of benzene rings is 3. The maximum absolute atomic E-state index is 13.0. The third-order valence-electron chi connectivity index (χ3n) is 4.45. The molecule has 0 aliphatic carbocycles. The van der Waals surface area contributed by atoms with Crippen molar-refractivity contribution in [3.05, 3.63) is 90.2 Å². The summed E-state index contributed by atoms with van der Waals surface area (Å²) in [7, 11) is -1.90. The molecule has 3 aromatic carbocycles. The molecule has 0 radical (unpaired) electrons. The number of rotatable bonds is 8. The fourth-order valence-corrected chi connectivity index (χ4v) is 3.83. The van der Waals surface area contributed by atoms with E-state index in [-0.39, 0.29) is 16.5 Å². The van der Waals surface area contributed by atoms with Crippen LogP contribution in [0.3, 0.4) is 0 Å². The molecule has 0 unspecified atom stereocenters. The number of likely N-dealkylation sites (N-methyl/N-ethyl adjacent to an activating group) is 1. The van der Waals surface area contributed by atoms with Gasteiger partial charge in [-0.05, 0) is 60.7 Å². The first-order chi connectivity index (χ1) is 14.3. The quantitative estimate of drug-likeness (QED) is 0.577. The number of nitrogens with zero attached hydrogens (tertiary/aromatic N) is 1. The molecule has 2 N–H and O–H groups in total. The molecule has 0 aromatic heterocycles. The van der Waals surface area contributed by atoms with Gasteiger partial charge in [-0.3, -0.25) is 9.52 Å². The molecule has 156 valence electrons. The zero-order chi connectivity index (χ0) is 21.6. The van der Waals surface area contributed by atoms with E-state index in [1.807, 2.05) is 42.3 Å². The van der Waals surface area contributed by atoms with Crippen molar-refractivity contribution in [3.8, 4) is 0 Å². The minimum atomic E-state index is -3.84. The van der Waals surface area contributed by atoms with E-state index in [0.29, 0.717) is 18.7 Å². The van der Waals surface area contributed by atoms with E-state index in [2.05, 4.69) is 10.0 Å². The topological polar surface area (TPSA) is 78.5 Å². The predicted molar refractivity (Wildman–Crippen MR) is 116 cm³/mol. The number of nitrogens with one attached hydrogen (secondary N) is 2. The van der Waals surface area contributed by atoms with Crippen LogP contribution in [0.25, 0.3) is 0 Å². The van der Waals surface area contributed by atoms with E-state index in [9.17, 15) is 17.6 Å².